The second-order valence-corrected chi connectivity index (χ2v) is 6.07. The van der Waals surface area contributed by atoms with E-state index in [0.29, 0.717) is 0 Å². The quantitative estimate of drug-likeness (QED) is 0.784. The molecule has 4 N–H and O–H groups in total. The number of aryl methyl sites for hydroxylation is 2. The van der Waals surface area contributed by atoms with Crippen LogP contribution in [-0.2, 0) is 14.6 Å². The first-order chi connectivity index (χ1) is 7.74. The number of sulfone groups is 1. The van der Waals surface area contributed by atoms with E-state index in [4.69, 9.17) is 11.5 Å². The van der Waals surface area contributed by atoms with E-state index in [1.807, 2.05) is 13.8 Å². The summed E-state index contributed by atoms with van der Waals surface area (Å²) in [5.41, 5.74) is 12.2. The maximum Gasteiger partial charge on any atom is 0.235 e. The van der Waals surface area contributed by atoms with Gasteiger partial charge < -0.3 is 11.5 Å². The number of amides is 1. The van der Waals surface area contributed by atoms with Crippen LogP contribution in [0.5, 0.6) is 0 Å². The van der Waals surface area contributed by atoms with Gasteiger partial charge in [-0.25, -0.2) is 8.42 Å². The third-order valence-corrected chi connectivity index (χ3v) is 4.37. The molecule has 17 heavy (non-hydrogen) atoms. The Hall–Kier alpha value is -1.40. The van der Waals surface area contributed by atoms with Crippen LogP contribution in [0, 0.1) is 13.8 Å². The molecule has 0 saturated heterocycles. The molecular weight excluding hydrogens is 240 g/mol. The Morgan fingerprint density at radius 2 is 1.88 bits per heavy atom. The highest BCUT2D eigenvalue weighted by Gasteiger charge is 2.22. The number of carbonyl (C=O) groups is 1. The van der Waals surface area contributed by atoms with Crippen molar-refractivity contribution in [2.24, 2.45) is 11.5 Å². The number of hydrogen-bond donors (Lipinski definition) is 2. The number of primary amides is 1. The molecule has 0 aromatic heterocycles. The average Bonchev–Trinajstić information content (AvgIpc) is 2.21. The van der Waals surface area contributed by atoms with Gasteiger partial charge in [-0.2, -0.15) is 0 Å². The minimum atomic E-state index is -3.57. The van der Waals surface area contributed by atoms with Gasteiger partial charge in [0.15, 0.2) is 9.84 Å². The Morgan fingerprint density at radius 1 is 1.29 bits per heavy atom. The number of hydrogen-bond acceptors (Lipinski definition) is 4. The summed E-state index contributed by atoms with van der Waals surface area (Å²) >= 11 is 0. The number of nitrogens with two attached hydrogens (primary N) is 2. The Morgan fingerprint density at radius 3 is 2.35 bits per heavy atom. The van der Waals surface area contributed by atoms with Gasteiger partial charge in [0.05, 0.1) is 16.7 Å². The molecule has 1 atom stereocenters. The zero-order chi connectivity index (χ0) is 13.2. The van der Waals surface area contributed by atoms with E-state index < -0.39 is 27.5 Å². The lowest BCUT2D eigenvalue weighted by Gasteiger charge is -2.10. The summed E-state index contributed by atoms with van der Waals surface area (Å²) < 4.78 is 23.8. The second-order valence-electron chi connectivity index (χ2n) is 4.04. The standard InChI is InChI=1S/C11H16N2O3S/c1-7-3-4-9(5-8(7)2)17(15,16)6-10(12)11(13)14/h3-5,10H,6,12H2,1-2H3,(H2,13,14). The number of rotatable bonds is 4. The van der Waals surface area contributed by atoms with Gasteiger partial charge in [-0.15, -0.1) is 0 Å². The van der Waals surface area contributed by atoms with Crippen LogP contribution in [-0.4, -0.2) is 26.1 Å². The number of benzene rings is 1. The summed E-state index contributed by atoms with van der Waals surface area (Å²) in [7, 11) is -3.57. The van der Waals surface area contributed by atoms with Gasteiger partial charge >= 0.3 is 0 Å². The van der Waals surface area contributed by atoms with Gasteiger partial charge in [-0.1, -0.05) is 6.07 Å². The maximum absolute atomic E-state index is 11.9. The van der Waals surface area contributed by atoms with Crippen LogP contribution in [0.25, 0.3) is 0 Å². The Labute approximate surface area is 101 Å². The zero-order valence-corrected chi connectivity index (χ0v) is 10.6. The van der Waals surface area contributed by atoms with E-state index >= 15 is 0 Å². The van der Waals surface area contributed by atoms with E-state index in [2.05, 4.69) is 0 Å². The van der Waals surface area contributed by atoms with Crippen molar-refractivity contribution in [2.45, 2.75) is 24.8 Å². The van der Waals surface area contributed by atoms with E-state index in [1.165, 1.54) is 6.07 Å². The predicted molar refractivity (Wildman–Crippen MR) is 65.1 cm³/mol. The molecule has 5 nitrogen and oxygen atoms in total. The van der Waals surface area contributed by atoms with Gasteiger partial charge in [0.1, 0.15) is 0 Å². The fraction of sp³-hybridized carbons (Fsp3) is 0.364. The largest absolute Gasteiger partial charge is 0.368 e. The minimum absolute atomic E-state index is 0.164. The van der Waals surface area contributed by atoms with Crippen molar-refractivity contribution in [2.75, 3.05) is 5.75 Å². The molecule has 6 heteroatoms. The summed E-state index contributed by atoms with van der Waals surface area (Å²) in [6.07, 6.45) is 0. The fourth-order valence-electron chi connectivity index (χ4n) is 1.32. The lowest BCUT2D eigenvalue weighted by molar-refractivity contribution is -0.118. The fourth-order valence-corrected chi connectivity index (χ4v) is 2.78. The highest BCUT2D eigenvalue weighted by molar-refractivity contribution is 7.91. The summed E-state index contributed by atoms with van der Waals surface area (Å²) in [6, 6.07) is 3.61. The molecule has 0 aliphatic carbocycles. The smallest absolute Gasteiger partial charge is 0.235 e. The zero-order valence-electron chi connectivity index (χ0n) is 9.80. The Kier molecular flexibility index (Phi) is 3.90. The molecule has 0 fully saturated rings. The van der Waals surface area contributed by atoms with Crippen LogP contribution in [0.4, 0.5) is 0 Å². The van der Waals surface area contributed by atoms with Crippen molar-refractivity contribution in [3.05, 3.63) is 29.3 Å². The van der Waals surface area contributed by atoms with Crippen LogP contribution in [0.15, 0.2) is 23.1 Å². The lowest BCUT2D eigenvalue weighted by atomic mass is 10.1. The van der Waals surface area contributed by atoms with E-state index in [9.17, 15) is 13.2 Å². The molecule has 0 aliphatic rings. The van der Waals surface area contributed by atoms with Crippen LogP contribution < -0.4 is 11.5 Å². The molecule has 0 aliphatic heterocycles. The van der Waals surface area contributed by atoms with Gasteiger partial charge in [0, 0.05) is 0 Å². The normalized spacial score (nSPS) is 13.4. The third-order valence-electron chi connectivity index (χ3n) is 2.60. The Balaban J connectivity index is 3.05. The average molecular weight is 256 g/mol. The maximum atomic E-state index is 11.9. The first-order valence-electron chi connectivity index (χ1n) is 5.09. The molecular formula is C11H16N2O3S. The lowest BCUT2D eigenvalue weighted by Crippen LogP contribution is -2.41. The molecule has 94 valence electrons. The van der Waals surface area contributed by atoms with E-state index in [-0.39, 0.29) is 4.90 Å². The summed E-state index contributed by atoms with van der Waals surface area (Å²) in [6.45, 7) is 3.71. The molecule has 1 unspecified atom stereocenters. The van der Waals surface area contributed by atoms with Gasteiger partial charge in [-0.05, 0) is 37.1 Å². The van der Waals surface area contributed by atoms with Crippen molar-refractivity contribution < 1.29 is 13.2 Å². The molecule has 0 heterocycles. The van der Waals surface area contributed by atoms with Gasteiger partial charge in [0.2, 0.25) is 5.91 Å². The Bertz CT molecular complexity index is 538. The molecule has 1 aromatic carbocycles. The summed E-state index contributed by atoms with van der Waals surface area (Å²) in [4.78, 5) is 10.9. The second kappa shape index (κ2) is 4.85. The summed E-state index contributed by atoms with van der Waals surface area (Å²) in [5.74, 6) is -1.29. The molecule has 0 spiro atoms. The molecule has 0 bridgehead atoms. The first-order valence-corrected chi connectivity index (χ1v) is 6.74. The molecule has 1 amide bonds. The molecule has 1 aromatic rings. The minimum Gasteiger partial charge on any atom is -0.368 e. The van der Waals surface area contributed by atoms with Gasteiger partial charge in [-0.3, -0.25) is 4.79 Å². The third kappa shape index (κ3) is 3.28. The van der Waals surface area contributed by atoms with Crippen molar-refractivity contribution in [1.29, 1.82) is 0 Å². The first kappa shape index (κ1) is 13.7. The number of carbonyl (C=O) groups excluding carboxylic acids is 1. The summed E-state index contributed by atoms with van der Waals surface area (Å²) in [5, 5.41) is 0. The van der Waals surface area contributed by atoms with E-state index in [1.54, 1.807) is 12.1 Å². The van der Waals surface area contributed by atoms with Crippen LogP contribution in [0.3, 0.4) is 0 Å². The highest BCUT2D eigenvalue weighted by Crippen LogP contribution is 2.16. The van der Waals surface area contributed by atoms with E-state index in [0.717, 1.165) is 11.1 Å². The van der Waals surface area contributed by atoms with Crippen molar-refractivity contribution >= 4 is 15.7 Å². The van der Waals surface area contributed by atoms with Gasteiger partial charge in [0.25, 0.3) is 0 Å². The predicted octanol–water partition coefficient (Wildman–Crippen LogP) is -0.110. The monoisotopic (exact) mass is 256 g/mol. The molecule has 0 radical (unpaired) electrons. The topological polar surface area (TPSA) is 103 Å². The van der Waals surface area contributed by atoms with Crippen LogP contribution in [0.2, 0.25) is 0 Å². The van der Waals surface area contributed by atoms with Crippen molar-refractivity contribution in [3.63, 3.8) is 0 Å². The van der Waals surface area contributed by atoms with Crippen molar-refractivity contribution in [3.8, 4) is 0 Å². The highest BCUT2D eigenvalue weighted by atomic mass is 32.2. The van der Waals surface area contributed by atoms with Crippen molar-refractivity contribution in [1.82, 2.24) is 0 Å². The SMILES string of the molecule is Cc1ccc(S(=O)(=O)CC(N)C(N)=O)cc1C. The van der Waals surface area contributed by atoms with Crippen LogP contribution >= 0.6 is 0 Å². The molecule has 1 rings (SSSR count). The molecule has 0 saturated carbocycles. The van der Waals surface area contributed by atoms with Crippen LogP contribution in [0.1, 0.15) is 11.1 Å².